The highest BCUT2D eigenvalue weighted by Gasteiger charge is 2.34. The van der Waals surface area contributed by atoms with Crippen molar-refractivity contribution in [3.8, 4) is 5.82 Å². The number of primary amides is 1. The Labute approximate surface area is 218 Å². The third-order valence-corrected chi connectivity index (χ3v) is 5.78. The number of nitrogens with one attached hydrogen (secondary N) is 1. The standard InChI is InChI=1S/C20H12BrCl2F3N8O2/c21-12-5-9(22)4-11(17(27)35)16(12)29-19(36)14-6-10(7-33-8-15(30-32-33)20(24,25)26)31-34(14)18-13(23)2-1-3-28-18/h1-6,8H,7H2,(H2,27,35)(H,29,36). The van der Waals surface area contributed by atoms with Gasteiger partial charge in [-0.25, -0.2) is 14.3 Å². The molecule has 0 atom stereocenters. The van der Waals surface area contributed by atoms with E-state index < -0.39 is 23.7 Å². The quantitative estimate of drug-likeness (QED) is 0.337. The molecule has 3 aromatic heterocycles. The number of aromatic nitrogens is 6. The van der Waals surface area contributed by atoms with Crippen LogP contribution in [0.1, 0.15) is 32.2 Å². The Morgan fingerprint density at radius 1 is 1.19 bits per heavy atom. The van der Waals surface area contributed by atoms with E-state index in [1.165, 1.54) is 30.5 Å². The molecule has 186 valence electrons. The van der Waals surface area contributed by atoms with E-state index in [0.29, 0.717) is 6.20 Å². The van der Waals surface area contributed by atoms with Crippen LogP contribution in [-0.2, 0) is 12.7 Å². The smallest absolute Gasteiger partial charge is 0.366 e. The second kappa shape index (κ2) is 9.87. The second-order valence-corrected chi connectivity index (χ2v) is 8.87. The van der Waals surface area contributed by atoms with Crippen molar-refractivity contribution in [2.24, 2.45) is 5.73 Å². The summed E-state index contributed by atoms with van der Waals surface area (Å²) in [5.74, 6) is -1.52. The number of amides is 2. The molecular formula is C20H12BrCl2F3N8O2. The van der Waals surface area contributed by atoms with Crippen molar-refractivity contribution >= 4 is 56.6 Å². The van der Waals surface area contributed by atoms with Crippen LogP contribution in [0.5, 0.6) is 0 Å². The Bertz CT molecular complexity index is 1490. The molecule has 1 aromatic carbocycles. The third kappa shape index (κ3) is 5.34. The molecule has 0 saturated carbocycles. The molecule has 0 spiro atoms. The molecule has 0 aliphatic carbocycles. The molecule has 0 saturated heterocycles. The highest BCUT2D eigenvalue weighted by Crippen LogP contribution is 2.31. The van der Waals surface area contributed by atoms with Crippen LogP contribution in [0.2, 0.25) is 10.0 Å². The van der Waals surface area contributed by atoms with Gasteiger partial charge in [-0.3, -0.25) is 9.59 Å². The van der Waals surface area contributed by atoms with Gasteiger partial charge in [0, 0.05) is 15.7 Å². The normalized spacial score (nSPS) is 11.5. The van der Waals surface area contributed by atoms with E-state index >= 15 is 0 Å². The number of hydrogen-bond acceptors (Lipinski definition) is 6. The average Bonchev–Trinajstić information content (AvgIpc) is 3.43. The fourth-order valence-electron chi connectivity index (χ4n) is 3.11. The maximum atomic E-state index is 13.3. The van der Waals surface area contributed by atoms with Crippen LogP contribution in [0, 0.1) is 0 Å². The number of carbonyl (C=O) groups is 2. The van der Waals surface area contributed by atoms with Crippen molar-refractivity contribution in [2.75, 3.05) is 5.32 Å². The van der Waals surface area contributed by atoms with Crippen LogP contribution in [0.25, 0.3) is 5.82 Å². The monoisotopic (exact) mass is 602 g/mol. The third-order valence-electron chi connectivity index (χ3n) is 4.64. The maximum Gasteiger partial charge on any atom is 0.436 e. The van der Waals surface area contributed by atoms with Crippen molar-refractivity contribution in [3.63, 3.8) is 0 Å². The topological polar surface area (TPSA) is 134 Å². The van der Waals surface area contributed by atoms with Crippen LogP contribution in [-0.4, -0.2) is 41.6 Å². The number of nitrogens with zero attached hydrogens (tertiary/aromatic N) is 6. The molecule has 0 fully saturated rings. The first-order valence-corrected chi connectivity index (χ1v) is 11.3. The van der Waals surface area contributed by atoms with Crippen LogP contribution < -0.4 is 11.1 Å². The molecule has 0 unspecified atom stereocenters. The SMILES string of the molecule is NC(=O)c1cc(Cl)cc(Br)c1NC(=O)c1cc(Cn2cc(C(F)(F)F)nn2)nn1-c1ncccc1Cl. The van der Waals surface area contributed by atoms with Gasteiger partial charge in [0.15, 0.2) is 11.5 Å². The number of rotatable bonds is 6. The van der Waals surface area contributed by atoms with Crippen LogP contribution in [0.4, 0.5) is 18.9 Å². The predicted octanol–water partition coefficient (Wildman–Crippen LogP) is 4.35. The van der Waals surface area contributed by atoms with Gasteiger partial charge in [-0.05, 0) is 46.3 Å². The summed E-state index contributed by atoms with van der Waals surface area (Å²) in [5, 5.41) is 13.8. The van der Waals surface area contributed by atoms with Gasteiger partial charge in [0.25, 0.3) is 11.8 Å². The molecule has 0 aliphatic heterocycles. The highest BCUT2D eigenvalue weighted by atomic mass is 79.9. The number of anilines is 1. The highest BCUT2D eigenvalue weighted by molar-refractivity contribution is 9.10. The second-order valence-electron chi connectivity index (χ2n) is 7.17. The summed E-state index contributed by atoms with van der Waals surface area (Å²) in [4.78, 5) is 29.3. The van der Waals surface area contributed by atoms with Gasteiger partial charge in [-0.1, -0.05) is 28.4 Å². The molecule has 36 heavy (non-hydrogen) atoms. The van der Waals surface area contributed by atoms with Gasteiger partial charge in [-0.15, -0.1) is 5.10 Å². The fourth-order valence-corrected chi connectivity index (χ4v) is 4.22. The molecule has 0 bridgehead atoms. The minimum absolute atomic E-state index is 0.0458. The zero-order chi connectivity index (χ0) is 26.2. The molecule has 4 rings (SSSR count). The van der Waals surface area contributed by atoms with E-state index in [-0.39, 0.29) is 49.5 Å². The van der Waals surface area contributed by atoms with Crippen LogP contribution >= 0.6 is 39.1 Å². The average molecular weight is 604 g/mol. The lowest BCUT2D eigenvalue weighted by Crippen LogP contribution is -2.21. The molecular weight excluding hydrogens is 592 g/mol. The van der Waals surface area contributed by atoms with Gasteiger partial charge in [0.1, 0.15) is 5.69 Å². The minimum Gasteiger partial charge on any atom is -0.366 e. The summed E-state index contributed by atoms with van der Waals surface area (Å²) in [6, 6.07) is 7.12. The number of benzene rings is 1. The van der Waals surface area contributed by atoms with E-state index in [1.54, 1.807) is 6.07 Å². The van der Waals surface area contributed by atoms with E-state index in [1.807, 2.05) is 0 Å². The first-order valence-electron chi connectivity index (χ1n) is 9.71. The van der Waals surface area contributed by atoms with Gasteiger partial charge in [0.05, 0.1) is 34.7 Å². The van der Waals surface area contributed by atoms with Crippen molar-refractivity contribution in [1.29, 1.82) is 0 Å². The van der Waals surface area contributed by atoms with Crippen LogP contribution in [0.15, 0.2) is 47.2 Å². The Morgan fingerprint density at radius 3 is 2.58 bits per heavy atom. The summed E-state index contributed by atoms with van der Waals surface area (Å²) in [5.41, 5.74) is 4.27. The van der Waals surface area contributed by atoms with Gasteiger partial charge in [-0.2, -0.15) is 18.3 Å². The zero-order valence-electron chi connectivity index (χ0n) is 17.6. The molecule has 10 nitrogen and oxygen atoms in total. The summed E-state index contributed by atoms with van der Waals surface area (Å²) in [6.07, 6.45) is -2.55. The summed E-state index contributed by atoms with van der Waals surface area (Å²) < 4.78 is 40.9. The largest absolute Gasteiger partial charge is 0.436 e. The number of carbonyl (C=O) groups excluding carboxylic acids is 2. The van der Waals surface area contributed by atoms with E-state index in [9.17, 15) is 22.8 Å². The fraction of sp³-hybridized carbons (Fsp3) is 0.100. The Balaban J connectivity index is 1.75. The van der Waals surface area contributed by atoms with E-state index in [2.05, 4.69) is 41.6 Å². The lowest BCUT2D eigenvalue weighted by atomic mass is 10.1. The van der Waals surface area contributed by atoms with E-state index in [4.69, 9.17) is 28.9 Å². The number of pyridine rings is 1. The lowest BCUT2D eigenvalue weighted by molar-refractivity contribution is -0.141. The summed E-state index contributed by atoms with van der Waals surface area (Å²) in [6.45, 7) is -0.252. The Morgan fingerprint density at radius 2 is 1.94 bits per heavy atom. The molecule has 0 radical (unpaired) electrons. The van der Waals surface area contributed by atoms with E-state index in [0.717, 1.165) is 9.36 Å². The number of alkyl halides is 3. The first-order chi connectivity index (χ1) is 16.9. The molecule has 2 amide bonds. The number of hydrogen-bond donors (Lipinski definition) is 2. The molecule has 3 heterocycles. The number of halogens is 6. The summed E-state index contributed by atoms with van der Waals surface area (Å²) in [7, 11) is 0. The zero-order valence-corrected chi connectivity index (χ0v) is 20.7. The van der Waals surface area contributed by atoms with Crippen LogP contribution in [0.3, 0.4) is 0 Å². The predicted molar refractivity (Wildman–Crippen MR) is 126 cm³/mol. The maximum absolute atomic E-state index is 13.3. The molecule has 0 aliphatic rings. The molecule has 3 N–H and O–H groups in total. The first kappa shape index (κ1) is 25.6. The summed E-state index contributed by atoms with van der Waals surface area (Å²) >= 11 is 15.5. The van der Waals surface area contributed by atoms with Crippen molar-refractivity contribution < 1.29 is 22.8 Å². The van der Waals surface area contributed by atoms with Crippen molar-refractivity contribution in [2.45, 2.75) is 12.7 Å². The van der Waals surface area contributed by atoms with Crippen molar-refractivity contribution in [3.05, 3.63) is 79.9 Å². The van der Waals surface area contributed by atoms with Gasteiger partial charge < -0.3 is 11.1 Å². The minimum atomic E-state index is -4.67. The van der Waals surface area contributed by atoms with Gasteiger partial charge >= 0.3 is 6.18 Å². The molecule has 16 heteroatoms. The Kier molecular flexibility index (Phi) is 7.02. The number of nitrogens with two attached hydrogens (primary N) is 1. The van der Waals surface area contributed by atoms with Crippen molar-refractivity contribution in [1.82, 2.24) is 29.8 Å². The molecule has 4 aromatic rings. The van der Waals surface area contributed by atoms with Gasteiger partial charge in [0.2, 0.25) is 0 Å². The lowest BCUT2D eigenvalue weighted by Gasteiger charge is -2.13. The Hall–Kier alpha value is -3.49.